The number of thioether (sulfide) groups is 1. The Hall–Kier alpha value is -2.39. The van der Waals surface area contributed by atoms with Crippen LogP contribution in [0.4, 0.5) is 5.69 Å². The smallest absolute Gasteiger partial charge is 0.337 e. The van der Waals surface area contributed by atoms with Crippen molar-refractivity contribution in [2.24, 2.45) is 5.73 Å². The molecule has 0 aliphatic carbocycles. The molecule has 0 aromatic heterocycles. The Kier molecular flexibility index (Phi) is 6.76. The van der Waals surface area contributed by atoms with E-state index in [2.05, 4.69) is 4.74 Å². The Morgan fingerprint density at radius 3 is 2.54 bits per heavy atom. The van der Waals surface area contributed by atoms with Crippen molar-refractivity contribution < 1.29 is 28.7 Å². The van der Waals surface area contributed by atoms with Crippen LogP contribution in [-0.2, 0) is 23.9 Å². The van der Waals surface area contributed by atoms with Crippen LogP contribution in [0.25, 0.3) is 0 Å². The van der Waals surface area contributed by atoms with Crippen LogP contribution >= 0.6 is 11.8 Å². The van der Waals surface area contributed by atoms with Crippen LogP contribution < -0.4 is 10.6 Å². The van der Waals surface area contributed by atoms with E-state index >= 15 is 0 Å². The molecule has 0 radical (unpaired) electrons. The Bertz CT molecular complexity index is 706. The standard InChI is InChI=1S/C17H20N2O6S/c1-3-25-17(23)12(18)9-26-13-8-14(20)19(15(13)21)11-6-4-10(5-7-11)16(22)24-2/h4-7,12-13H,3,8-9,18H2,1-2H3/t12-,13?/m1/s1. The lowest BCUT2D eigenvalue weighted by molar-refractivity contribution is -0.144. The summed E-state index contributed by atoms with van der Waals surface area (Å²) in [6.45, 7) is 1.91. The van der Waals surface area contributed by atoms with Crippen LogP contribution in [0.3, 0.4) is 0 Å². The fourth-order valence-corrected chi connectivity index (χ4v) is 3.49. The van der Waals surface area contributed by atoms with Gasteiger partial charge in [-0.05, 0) is 31.2 Å². The van der Waals surface area contributed by atoms with Gasteiger partial charge in [0.15, 0.2) is 0 Å². The molecule has 1 aliphatic heterocycles. The lowest BCUT2D eigenvalue weighted by atomic mass is 10.2. The Balaban J connectivity index is 2.02. The maximum atomic E-state index is 12.5. The molecule has 0 spiro atoms. The van der Waals surface area contributed by atoms with Crippen molar-refractivity contribution in [3.8, 4) is 0 Å². The zero-order chi connectivity index (χ0) is 19.3. The molecular formula is C17H20N2O6S. The molecule has 0 bridgehead atoms. The van der Waals surface area contributed by atoms with Crippen LogP contribution in [0.2, 0.25) is 0 Å². The van der Waals surface area contributed by atoms with Gasteiger partial charge < -0.3 is 15.2 Å². The number of hydrogen-bond donors (Lipinski definition) is 1. The van der Waals surface area contributed by atoms with Gasteiger partial charge in [0.1, 0.15) is 6.04 Å². The second-order valence-corrected chi connectivity index (χ2v) is 6.73. The minimum absolute atomic E-state index is 0.0256. The van der Waals surface area contributed by atoms with Crippen molar-refractivity contribution in [1.29, 1.82) is 0 Å². The van der Waals surface area contributed by atoms with E-state index < -0.39 is 23.2 Å². The third-order valence-corrected chi connectivity index (χ3v) is 5.04. The molecule has 1 heterocycles. The second kappa shape index (κ2) is 8.81. The third kappa shape index (κ3) is 4.41. The van der Waals surface area contributed by atoms with Gasteiger partial charge in [-0.15, -0.1) is 11.8 Å². The molecule has 8 nitrogen and oxygen atoms in total. The van der Waals surface area contributed by atoms with E-state index in [0.29, 0.717) is 11.3 Å². The topological polar surface area (TPSA) is 116 Å². The molecule has 1 aromatic rings. The lowest BCUT2D eigenvalue weighted by Crippen LogP contribution is -2.36. The first-order valence-corrected chi connectivity index (χ1v) is 9.02. The van der Waals surface area contributed by atoms with Crippen molar-refractivity contribution in [1.82, 2.24) is 0 Å². The average Bonchev–Trinajstić information content (AvgIpc) is 2.92. The van der Waals surface area contributed by atoms with Crippen molar-refractivity contribution in [3.63, 3.8) is 0 Å². The minimum atomic E-state index is -0.851. The first-order valence-electron chi connectivity index (χ1n) is 7.98. The zero-order valence-electron chi connectivity index (χ0n) is 14.5. The van der Waals surface area contributed by atoms with Crippen LogP contribution in [0, 0.1) is 0 Å². The summed E-state index contributed by atoms with van der Waals surface area (Å²) in [4.78, 5) is 48.8. The third-order valence-electron chi connectivity index (χ3n) is 3.72. The molecule has 2 rings (SSSR count). The summed E-state index contributed by atoms with van der Waals surface area (Å²) in [5, 5.41) is -0.608. The molecule has 140 valence electrons. The van der Waals surface area contributed by atoms with Crippen molar-refractivity contribution in [3.05, 3.63) is 29.8 Å². The number of benzene rings is 1. The predicted octanol–water partition coefficient (Wildman–Crippen LogP) is 0.729. The number of carbonyl (C=O) groups is 4. The van der Waals surface area contributed by atoms with Gasteiger partial charge >= 0.3 is 11.9 Å². The van der Waals surface area contributed by atoms with Crippen LogP contribution in [0.15, 0.2) is 24.3 Å². The zero-order valence-corrected chi connectivity index (χ0v) is 15.3. The summed E-state index contributed by atoms with van der Waals surface area (Å²) in [5.41, 5.74) is 6.42. The van der Waals surface area contributed by atoms with E-state index in [4.69, 9.17) is 10.5 Å². The molecule has 1 fully saturated rings. The number of carbonyl (C=O) groups excluding carboxylic acids is 4. The van der Waals surface area contributed by atoms with Gasteiger partial charge in [-0.1, -0.05) is 0 Å². The van der Waals surface area contributed by atoms with Gasteiger partial charge in [0.2, 0.25) is 11.8 Å². The van der Waals surface area contributed by atoms with Crippen LogP contribution in [0.1, 0.15) is 23.7 Å². The normalized spacial score (nSPS) is 18.0. The maximum Gasteiger partial charge on any atom is 0.337 e. The van der Waals surface area contributed by atoms with E-state index in [-0.39, 0.29) is 30.6 Å². The number of methoxy groups -OCH3 is 1. The molecular weight excluding hydrogens is 360 g/mol. The highest BCUT2D eigenvalue weighted by Gasteiger charge is 2.40. The van der Waals surface area contributed by atoms with Crippen LogP contribution in [0.5, 0.6) is 0 Å². The van der Waals surface area contributed by atoms with E-state index in [1.807, 2.05) is 0 Å². The molecule has 1 saturated heterocycles. The molecule has 1 aliphatic rings. The summed E-state index contributed by atoms with van der Waals surface area (Å²) in [6, 6.07) is 5.15. The van der Waals surface area contributed by atoms with Crippen molar-refractivity contribution in [2.45, 2.75) is 24.6 Å². The number of hydrogen-bond acceptors (Lipinski definition) is 8. The highest BCUT2D eigenvalue weighted by Crippen LogP contribution is 2.30. The molecule has 2 amide bonds. The number of imide groups is 1. The Morgan fingerprint density at radius 2 is 1.96 bits per heavy atom. The van der Waals surface area contributed by atoms with E-state index in [9.17, 15) is 19.2 Å². The second-order valence-electron chi connectivity index (χ2n) is 5.49. The molecule has 1 unspecified atom stereocenters. The molecule has 0 saturated carbocycles. The number of esters is 2. The van der Waals surface area contributed by atoms with Crippen molar-refractivity contribution >= 4 is 41.2 Å². The number of ether oxygens (including phenoxy) is 2. The van der Waals surface area contributed by atoms with Gasteiger partial charge in [-0.25, -0.2) is 9.69 Å². The largest absolute Gasteiger partial charge is 0.465 e. The molecule has 1 aromatic carbocycles. The van der Waals surface area contributed by atoms with Crippen molar-refractivity contribution in [2.75, 3.05) is 24.4 Å². The fourth-order valence-electron chi connectivity index (χ4n) is 2.41. The summed E-state index contributed by atoms with van der Waals surface area (Å²) in [5.74, 6) is -1.58. The van der Waals surface area contributed by atoms with E-state index in [1.54, 1.807) is 6.92 Å². The number of nitrogens with zero attached hydrogens (tertiary/aromatic N) is 1. The molecule has 2 N–H and O–H groups in total. The monoisotopic (exact) mass is 380 g/mol. The first kappa shape index (κ1) is 19.9. The van der Waals surface area contributed by atoms with Gasteiger partial charge in [-0.3, -0.25) is 14.4 Å². The number of nitrogens with two attached hydrogens (primary N) is 1. The highest BCUT2D eigenvalue weighted by atomic mass is 32.2. The SMILES string of the molecule is CCOC(=O)[C@H](N)CSC1CC(=O)N(c2ccc(C(=O)OC)cc2)C1=O. The van der Waals surface area contributed by atoms with Crippen LogP contribution in [-0.4, -0.2) is 54.5 Å². The van der Waals surface area contributed by atoms with E-state index in [1.165, 1.54) is 31.4 Å². The van der Waals surface area contributed by atoms with E-state index in [0.717, 1.165) is 16.7 Å². The highest BCUT2D eigenvalue weighted by molar-refractivity contribution is 8.00. The number of amides is 2. The predicted molar refractivity (Wildman–Crippen MR) is 95.7 cm³/mol. The molecule has 9 heteroatoms. The Morgan fingerprint density at radius 1 is 1.31 bits per heavy atom. The average molecular weight is 380 g/mol. The van der Waals surface area contributed by atoms with Gasteiger partial charge in [0.25, 0.3) is 0 Å². The quantitative estimate of drug-likeness (QED) is 0.544. The van der Waals surface area contributed by atoms with Gasteiger partial charge in [0, 0.05) is 12.2 Å². The summed E-state index contributed by atoms with van der Waals surface area (Å²) >= 11 is 1.16. The maximum absolute atomic E-state index is 12.5. The molecule has 26 heavy (non-hydrogen) atoms. The fraction of sp³-hybridized carbons (Fsp3) is 0.412. The molecule has 2 atom stereocenters. The first-order chi connectivity index (χ1) is 12.4. The Labute approximate surface area is 155 Å². The number of anilines is 1. The van der Waals surface area contributed by atoms with Gasteiger partial charge in [0.05, 0.1) is 30.2 Å². The minimum Gasteiger partial charge on any atom is -0.465 e. The summed E-state index contributed by atoms with van der Waals surface area (Å²) in [6.07, 6.45) is 0.0256. The van der Waals surface area contributed by atoms with Gasteiger partial charge in [-0.2, -0.15) is 0 Å². The number of rotatable bonds is 7. The summed E-state index contributed by atoms with van der Waals surface area (Å²) in [7, 11) is 1.27. The lowest BCUT2D eigenvalue weighted by Gasteiger charge is -2.16. The summed E-state index contributed by atoms with van der Waals surface area (Å²) < 4.78 is 9.43.